The van der Waals surface area contributed by atoms with E-state index in [0.717, 1.165) is 17.7 Å². The molecule has 1 aromatic heterocycles. The van der Waals surface area contributed by atoms with Crippen LogP contribution >= 0.6 is 11.6 Å². The van der Waals surface area contributed by atoms with Gasteiger partial charge in [0.2, 0.25) is 0 Å². The van der Waals surface area contributed by atoms with Crippen LogP contribution in [0.1, 0.15) is 18.2 Å². The number of aromatic nitrogens is 2. The van der Waals surface area contributed by atoms with Gasteiger partial charge < -0.3 is 10.5 Å². The van der Waals surface area contributed by atoms with Gasteiger partial charge in [-0.1, -0.05) is 23.7 Å². The zero-order valence-corrected chi connectivity index (χ0v) is 11.9. The summed E-state index contributed by atoms with van der Waals surface area (Å²) in [5.74, 6) is 0.701. The maximum absolute atomic E-state index is 6.19. The summed E-state index contributed by atoms with van der Waals surface area (Å²) < 4.78 is 7.55. The van der Waals surface area contributed by atoms with E-state index in [1.807, 2.05) is 44.4 Å². The second kappa shape index (κ2) is 6.08. The first-order chi connectivity index (χ1) is 9.06. The van der Waals surface area contributed by atoms with Gasteiger partial charge in [0.15, 0.2) is 0 Å². The minimum atomic E-state index is 0.0654. The summed E-state index contributed by atoms with van der Waals surface area (Å²) in [6, 6.07) is 7.70. The van der Waals surface area contributed by atoms with Crippen LogP contribution in [0.2, 0.25) is 5.02 Å². The minimum absolute atomic E-state index is 0.0654. The Morgan fingerprint density at radius 1 is 1.42 bits per heavy atom. The summed E-state index contributed by atoms with van der Waals surface area (Å²) in [6.07, 6.45) is 2.62. The third-order valence-electron chi connectivity index (χ3n) is 2.72. The van der Waals surface area contributed by atoms with Crippen molar-refractivity contribution in [2.75, 3.05) is 0 Å². The summed E-state index contributed by atoms with van der Waals surface area (Å²) in [5, 5.41) is 4.88. The first-order valence-electron chi connectivity index (χ1n) is 6.20. The van der Waals surface area contributed by atoms with Crippen molar-refractivity contribution in [1.29, 1.82) is 0 Å². The molecule has 5 heteroatoms. The van der Waals surface area contributed by atoms with E-state index >= 15 is 0 Å². The zero-order valence-electron chi connectivity index (χ0n) is 11.1. The van der Waals surface area contributed by atoms with Crippen LogP contribution in [-0.4, -0.2) is 15.8 Å². The van der Waals surface area contributed by atoms with Crippen LogP contribution in [0.3, 0.4) is 0 Å². The van der Waals surface area contributed by atoms with Gasteiger partial charge >= 0.3 is 0 Å². The van der Waals surface area contributed by atoms with Crippen molar-refractivity contribution in [2.24, 2.45) is 12.8 Å². The van der Waals surface area contributed by atoms with Crippen LogP contribution in [-0.2, 0) is 20.1 Å². The highest BCUT2D eigenvalue weighted by molar-refractivity contribution is 6.32. The molecule has 4 nitrogen and oxygen atoms in total. The van der Waals surface area contributed by atoms with Gasteiger partial charge in [0.25, 0.3) is 0 Å². The third kappa shape index (κ3) is 3.72. The van der Waals surface area contributed by atoms with E-state index in [9.17, 15) is 0 Å². The van der Waals surface area contributed by atoms with Crippen LogP contribution in [0.25, 0.3) is 0 Å². The molecule has 1 aromatic carbocycles. The summed E-state index contributed by atoms with van der Waals surface area (Å²) in [5.41, 5.74) is 7.74. The molecule has 0 amide bonds. The molecule has 102 valence electrons. The standard InChI is InChI=1S/C14H18ClN3O/c1-10(16)8-11-4-3-5-13(15)14(11)19-9-12-6-7-18(2)17-12/h3-7,10H,8-9,16H2,1-2H3. The summed E-state index contributed by atoms with van der Waals surface area (Å²) in [7, 11) is 1.88. The Morgan fingerprint density at radius 3 is 2.84 bits per heavy atom. The maximum Gasteiger partial charge on any atom is 0.141 e. The topological polar surface area (TPSA) is 53.1 Å². The van der Waals surface area contributed by atoms with E-state index in [1.54, 1.807) is 4.68 Å². The number of hydrogen-bond donors (Lipinski definition) is 1. The Morgan fingerprint density at radius 2 is 2.21 bits per heavy atom. The number of aryl methyl sites for hydroxylation is 1. The average Bonchev–Trinajstić information content (AvgIpc) is 2.73. The number of nitrogens with zero attached hydrogens (tertiary/aromatic N) is 2. The SMILES string of the molecule is CC(N)Cc1cccc(Cl)c1OCc1ccn(C)n1. The fraction of sp³-hybridized carbons (Fsp3) is 0.357. The normalized spacial score (nSPS) is 12.4. The highest BCUT2D eigenvalue weighted by Gasteiger charge is 2.11. The molecule has 0 fully saturated rings. The number of para-hydroxylation sites is 1. The van der Waals surface area contributed by atoms with Gasteiger partial charge in [0.05, 0.1) is 10.7 Å². The van der Waals surface area contributed by atoms with Gasteiger partial charge in [-0.3, -0.25) is 4.68 Å². The molecule has 0 aliphatic carbocycles. The quantitative estimate of drug-likeness (QED) is 0.915. The van der Waals surface area contributed by atoms with E-state index in [2.05, 4.69) is 5.10 Å². The summed E-state index contributed by atoms with van der Waals surface area (Å²) in [6.45, 7) is 2.36. The van der Waals surface area contributed by atoms with Gasteiger partial charge in [-0.05, 0) is 31.0 Å². The van der Waals surface area contributed by atoms with E-state index in [-0.39, 0.29) is 6.04 Å². The lowest BCUT2D eigenvalue weighted by molar-refractivity contribution is 0.296. The lowest BCUT2D eigenvalue weighted by Crippen LogP contribution is -2.18. The molecular weight excluding hydrogens is 262 g/mol. The second-order valence-electron chi connectivity index (χ2n) is 4.68. The maximum atomic E-state index is 6.19. The zero-order chi connectivity index (χ0) is 13.8. The van der Waals surface area contributed by atoms with Crippen molar-refractivity contribution in [2.45, 2.75) is 26.0 Å². The van der Waals surface area contributed by atoms with Gasteiger partial charge in [0.1, 0.15) is 12.4 Å². The van der Waals surface area contributed by atoms with E-state index in [4.69, 9.17) is 22.1 Å². The lowest BCUT2D eigenvalue weighted by Gasteiger charge is -2.13. The second-order valence-corrected chi connectivity index (χ2v) is 5.09. The van der Waals surface area contributed by atoms with E-state index < -0.39 is 0 Å². The fourth-order valence-electron chi connectivity index (χ4n) is 1.91. The van der Waals surface area contributed by atoms with Crippen molar-refractivity contribution in [3.8, 4) is 5.75 Å². The predicted octanol–water partition coefficient (Wildman–Crippen LogP) is 2.54. The Kier molecular flexibility index (Phi) is 4.45. The molecule has 1 unspecified atom stereocenters. The van der Waals surface area contributed by atoms with Crippen LogP contribution in [0, 0.1) is 0 Å². The molecule has 1 heterocycles. The van der Waals surface area contributed by atoms with E-state index in [1.165, 1.54) is 0 Å². The van der Waals surface area contributed by atoms with Crippen molar-refractivity contribution in [1.82, 2.24) is 9.78 Å². The largest absolute Gasteiger partial charge is 0.485 e. The molecule has 0 radical (unpaired) electrons. The molecule has 0 saturated carbocycles. The average molecular weight is 280 g/mol. The third-order valence-corrected chi connectivity index (χ3v) is 3.02. The Hall–Kier alpha value is -1.52. The lowest BCUT2D eigenvalue weighted by atomic mass is 10.1. The van der Waals surface area contributed by atoms with Gasteiger partial charge in [-0.25, -0.2) is 0 Å². The van der Waals surface area contributed by atoms with Crippen LogP contribution < -0.4 is 10.5 Å². The first-order valence-corrected chi connectivity index (χ1v) is 6.58. The number of hydrogen-bond acceptors (Lipinski definition) is 3. The minimum Gasteiger partial charge on any atom is -0.485 e. The number of halogens is 1. The molecule has 2 rings (SSSR count). The molecule has 0 bridgehead atoms. The van der Waals surface area contributed by atoms with Crippen molar-refractivity contribution >= 4 is 11.6 Å². The summed E-state index contributed by atoms with van der Waals surface area (Å²) in [4.78, 5) is 0. The highest BCUT2D eigenvalue weighted by Crippen LogP contribution is 2.30. The van der Waals surface area contributed by atoms with Crippen LogP contribution in [0.5, 0.6) is 5.75 Å². The highest BCUT2D eigenvalue weighted by atomic mass is 35.5. The molecule has 2 N–H and O–H groups in total. The fourth-order valence-corrected chi connectivity index (χ4v) is 2.16. The molecule has 0 spiro atoms. The van der Waals surface area contributed by atoms with Crippen LogP contribution in [0.4, 0.5) is 0 Å². The smallest absolute Gasteiger partial charge is 0.141 e. The number of nitrogens with two attached hydrogens (primary N) is 1. The first kappa shape index (κ1) is 13.9. The van der Waals surface area contributed by atoms with Gasteiger partial charge in [0, 0.05) is 19.3 Å². The monoisotopic (exact) mass is 279 g/mol. The Labute approximate surface area is 118 Å². The molecule has 0 aliphatic heterocycles. The van der Waals surface area contributed by atoms with E-state index in [0.29, 0.717) is 17.4 Å². The van der Waals surface area contributed by atoms with Crippen molar-refractivity contribution in [3.05, 3.63) is 46.7 Å². The molecule has 2 aromatic rings. The molecule has 19 heavy (non-hydrogen) atoms. The molecule has 0 aliphatic rings. The molecule has 1 atom stereocenters. The van der Waals surface area contributed by atoms with Gasteiger partial charge in [-0.2, -0.15) is 5.10 Å². The predicted molar refractivity (Wildman–Crippen MR) is 76.3 cm³/mol. The van der Waals surface area contributed by atoms with Gasteiger partial charge in [-0.15, -0.1) is 0 Å². The van der Waals surface area contributed by atoms with Crippen LogP contribution in [0.15, 0.2) is 30.5 Å². The molecule has 0 saturated heterocycles. The summed E-state index contributed by atoms with van der Waals surface area (Å²) >= 11 is 6.19. The number of rotatable bonds is 5. The Bertz CT molecular complexity index is 551. The van der Waals surface area contributed by atoms with Crippen molar-refractivity contribution in [3.63, 3.8) is 0 Å². The molecular formula is C14H18ClN3O. The number of benzene rings is 1. The van der Waals surface area contributed by atoms with Crippen molar-refractivity contribution < 1.29 is 4.74 Å². The Balaban J connectivity index is 2.14. The number of ether oxygens (including phenoxy) is 1.